The third-order valence-electron chi connectivity index (χ3n) is 4.74. The molecule has 2 aromatic rings. The molecule has 2 N–H and O–H groups in total. The van der Waals surface area contributed by atoms with Crippen LogP contribution in [-0.2, 0) is 7.05 Å². The molecular weight excluding hydrogens is 344 g/mol. The van der Waals surface area contributed by atoms with E-state index in [9.17, 15) is 9.59 Å². The number of nitrogens with zero attached hydrogens (tertiary/aromatic N) is 4. The number of benzene rings is 1. The maximum absolute atomic E-state index is 12.7. The van der Waals surface area contributed by atoms with Crippen molar-refractivity contribution in [2.75, 3.05) is 18.4 Å². The average molecular weight is 370 g/mol. The van der Waals surface area contributed by atoms with Gasteiger partial charge in [-0.25, -0.2) is 9.78 Å². The van der Waals surface area contributed by atoms with Crippen LogP contribution >= 0.6 is 0 Å². The van der Waals surface area contributed by atoms with Crippen LogP contribution in [0.5, 0.6) is 0 Å². The lowest BCUT2D eigenvalue weighted by atomic mass is 10.1. The van der Waals surface area contributed by atoms with Gasteiger partial charge in [0.2, 0.25) is 0 Å². The van der Waals surface area contributed by atoms with Crippen molar-refractivity contribution in [3.05, 3.63) is 42.0 Å². The second kappa shape index (κ2) is 8.66. The zero-order valence-corrected chi connectivity index (χ0v) is 15.8. The Morgan fingerprint density at radius 2 is 1.89 bits per heavy atom. The molecule has 1 aromatic carbocycles. The highest BCUT2D eigenvalue weighted by molar-refractivity contribution is 5.97. The van der Waals surface area contributed by atoms with E-state index < -0.39 is 0 Å². The third-order valence-corrected chi connectivity index (χ3v) is 4.74. The third kappa shape index (κ3) is 4.84. The number of nitrogens with one attached hydrogen (secondary N) is 2. The SMILES string of the molecule is CC(NC(=O)Nc1cccc(C(=O)N2CCCCCC2)c1)c1ncnn1C. The molecule has 0 aliphatic carbocycles. The van der Waals surface area contributed by atoms with E-state index in [0.29, 0.717) is 17.1 Å². The van der Waals surface area contributed by atoms with Gasteiger partial charge < -0.3 is 15.5 Å². The number of hydrogen-bond donors (Lipinski definition) is 2. The summed E-state index contributed by atoms with van der Waals surface area (Å²) < 4.78 is 1.62. The Bertz CT molecular complexity index is 795. The van der Waals surface area contributed by atoms with Crippen LogP contribution in [0.1, 0.15) is 54.8 Å². The number of hydrogen-bond acceptors (Lipinski definition) is 4. The average Bonchev–Trinajstić information content (AvgIpc) is 2.91. The molecule has 0 spiro atoms. The molecule has 27 heavy (non-hydrogen) atoms. The van der Waals surface area contributed by atoms with E-state index in [1.54, 1.807) is 36.0 Å². The number of likely N-dealkylation sites (tertiary alicyclic amines) is 1. The first kappa shape index (κ1) is 18.9. The van der Waals surface area contributed by atoms with Crippen LogP contribution < -0.4 is 10.6 Å². The van der Waals surface area contributed by atoms with E-state index in [-0.39, 0.29) is 18.0 Å². The molecule has 3 rings (SSSR count). The van der Waals surface area contributed by atoms with E-state index in [1.165, 1.54) is 19.2 Å². The van der Waals surface area contributed by atoms with Gasteiger partial charge in [0.1, 0.15) is 12.2 Å². The van der Waals surface area contributed by atoms with Crippen LogP contribution in [0.3, 0.4) is 0 Å². The van der Waals surface area contributed by atoms with Crippen molar-refractivity contribution >= 4 is 17.6 Å². The summed E-state index contributed by atoms with van der Waals surface area (Å²) in [5.74, 6) is 0.684. The fourth-order valence-corrected chi connectivity index (χ4v) is 3.31. The Morgan fingerprint density at radius 3 is 2.56 bits per heavy atom. The Kier molecular flexibility index (Phi) is 6.05. The molecular formula is C19H26N6O2. The van der Waals surface area contributed by atoms with Crippen molar-refractivity contribution in [1.82, 2.24) is 25.0 Å². The summed E-state index contributed by atoms with van der Waals surface area (Å²) in [5.41, 5.74) is 1.18. The normalized spacial score (nSPS) is 15.7. The number of rotatable bonds is 4. The number of carbonyl (C=O) groups excluding carboxylic acids is 2. The summed E-state index contributed by atoms with van der Waals surface area (Å²) >= 11 is 0. The van der Waals surface area contributed by atoms with E-state index in [0.717, 1.165) is 25.9 Å². The van der Waals surface area contributed by atoms with E-state index in [4.69, 9.17) is 0 Å². The second-order valence-electron chi connectivity index (χ2n) is 6.85. The first-order valence-corrected chi connectivity index (χ1v) is 9.35. The highest BCUT2D eigenvalue weighted by Crippen LogP contribution is 2.17. The summed E-state index contributed by atoms with van der Waals surface area (Å²) in [4.78, 5) is 31.1. The molecule has 0 radical (unpaired) electrons. The van der Waals surface area contributed by atoms with Crippen molar-refractivity contribution in [3.63, 3.8) is 0 Å². The van der Waals surface area contributed by atoms with Crippen molar-refractivity contribution in [1.29, 1.82) is 0 Å². The quantitative estimate of drug-likeness (QED) is 0.865. The lowest BCUT2D eigenvalue weighted by Crippen LogP contribution is -2.33. The van der Waals surface area contributed by atoms with Gasteiger partial charge in [0, 0.05) is 31.4 Å². The largest absolute Gasteiger partial charge is 0.339 e. The minimum absolute atomic E-state index is 0.0217. The van der Waals surface area contributed by atoms with Crippen LogP contribution in [0.25, 0.3) is 0 Å². The Morgan fingerprint density at radius 1 is 1.15 bits per heavy atom. The first-order chi connectivity index (χ1) is 13.0. The highest BCUT2D eigenvalue weighted by Gasteiger charge is 2.18. The highest BCUT2D eigenvalue weighted by atomic mass is 16.2. The van der Waals surface area contributed by atoms with Gasteiger partial charge in [-0.2, -0.15) is 5.10 Å². The van der Waals surface area contributed by atoms with Gasteiger partial charge in [0.25, 0.3) is 5.91 Å². The van der Waals surface area contributed by atoms with E-state index >= 15 is 0 Å². The molecule has 0 bridgehead atoms. The summed E-state index contributed by atoms with van der Waals surface area (Å²) in [6.07, 6.45) is 5.89. The molecule has 1 aromatic heterocycles. The molecule has 1 aliphatic heterocycles. The summed E-state index contributed by atoms with van der Waals surface area (Å²) in [5, 5.41) is 9.61. The summed E-state index contributed by atoms with van der Waals surface area (Å²) in [6, 6.07) is 6.42. The molecule has 8 heteroatoms. The van der Waals surface area contributed by atoms with Gasteiger partial charge in [0.15, 0.2) is 0 Å². The van der Waals surface area contributed by atoms with Gasteiger partial charge in [-0.05, 0) is 38.0 Å². The number of anilines is 1. The Hall–Kier alpha value is -2.90. The van der Waals surface area contributed by atoms with Gasteiger partial charge in [0.05, 0.1) is 6.04 Å². The van der Waals surface area contributed by atoms with Gasteiger partial charge in [-0.1, -0.05) is 18.9 Å². The summed E-state index contributed by atoms with van der Waals surface area (Å²) in [7, 11) is 1.77. The number of amides is 3. The van der Waals surface area contributed by atoms with Gasteiger partial charge >= 0.3 is 6.03 Å². The number of carbonyl (C=O) groups is 2. The van der Waals surface area contributed by atoms with Crippen LogP contribution in [0, 0.1) is 0 Å². The zero-order chi connectivity index (χ0) is 19.2. The number of aromatic nitrogens is 3. The fourth-order valence-electron chi connectivity index (χ4n) is 3.31. The maximum atomic E-state index is 12.7. The molecule has 3 amide bonds. The van der Waals surface area contributed by atoms with Crippen LogP contribution in [0.2, 0.25) is 0 Å². The number of urea groups is 1. The van der Waals surface area contributed by atoms with Crippen molar-refractivity contribution < 1.29 is 9.59 Å². The minimum atomic E-state index is -0.357. The zero-order valence-electron chi connectivity index (χ0n) is 15.8. The molecule has 1 fully saturated rings. The molecule has 8 nitrogen and oxygen atoms in total. The molecule has 144 valence electrons. The molecule has 2 heterocycles. The maximum Gasteiger partial charge on any atom is 0.319 e. The van der Waals surface area contributed by atoms with Crippen LogP contribution in [0.4, 0.5) is 10.5 Å². The standard InChI is InChI=1S/C19H26N6O2/c1-14(17-20-13-21-24(17)2)22-19(27)23-16-9-7-8-15(12-16)18(26)25-10-5-3-4-6-11-25/h7-9,12-14H,3-6,10-11H2,1-2H3,(H2,22,23,27). The van der Waals surface area contributed by atoms with Crippen molar-refractivity contribution in [2.45, 2.75) is 38.6 Å². The lowest BCUT2D eigenvalue weighted by molar-refractivity contribution is 0.0761. The molecule has 1 aliphatic rings. The Balaban J connectivity index is 1.62. The topological polar surface area (TPSA) is 92.2 Å². The molecule has 1 unspecified atom stereocenters. The predicted octanol–water partition coefficient (Wildman–Crippen LogP) is 2.71. The first-order valence-electron chi connectivity index (χ1n) is 9.35. The monoisotopic (exact) mass is 370 g/mol. The lowest BCUT2D eigenvalue weighted by Gasteiger charge is -2.20. The molecule has 0 saturated carbocycles. The predicted molar refractivity (Wildman–Crippen MR) is 102 cm³/mol. The van der Waals surface area contributed by atoms with Crippen LogP contribution in [0.15, 0.2) is 30.6 Å². The molecule has 1 saturated heterocycles. The Labute approximate surface area is 159 Å². The summed E-state index contributed by atoms with van der Waals surface area (Å²) in [6.45, 7) is 3.43. The smallest absolute Gasteiger partial charge is 0.319 e. The minimum Gasteiger partial charge on any atom is -0.339 e. The fraction of sp³-hybridized carbons (Fsp3) is 0.474. The second-order valence-corrected chi connectivity index (χ2v) is 6.85. The van der Waals surface area contributed by atoms with Crippen molar-refractivity contribution in [3.8, 4) is 0 Å². The van der Waals surface area contributed by atoms with Crippen molar-refractivity contribution in [2.24, 2.45) is 7.05 Å². The van der Waals surface area contributed by atoms with Gasteiger partial charge in [-0.3, -0.25) is 9.48 Å². The van der Waals surface area contributed by atoms with E-state index in [1.807, 2.05) is 11.8 Å². The molecule has 1 atom stereocenters. The van der Waals surface area contributed by atoms with Gasteiger partial charge in [-0.15, -0.1) is 0 Å². The number of aryl methyl sites for hydroxylation is 1. The van der Waals surface area contributed by atoms with E-state index in [2.05, 4.69) is 20.7 Å². The van der Waals surface area contributed by atoms with Crippen LogP contribution in [-0.4, -0.2) is 44.7 Å².